The average molecular weight is 337 g/mol. The Labute approximate surface area is 142 Å². The van der Waals surface area contributed by atoms with E-state index >= 15 is 0 Å². The maximum atomic E-state index is 11.9. The highest BCUT2D eigenvalue weighted by atomic mass is 16.5. The van der Waals surface area contributed by atoms with Crippen molar-refractivity contribution in [2.45, 2.75) is 32.9 Å². The summed E-state index contributed by atoms with van der Waals surface area (Å²) in [5.41, 5.74) is 0. The summed E-state index contributed by atoms with van der Waals surface area (Å²) in [6.07, 6.45) is 0.941. The van der Waals surface area contributed by atoms with Crippen LogP contribution in [0, 0.1) is 0 Å². The van der Waals surface area contributed by atoms with Crippen LogP contribution in [-0.2, 0) is 16.1 Å². The van der Waals surface area contributed by atoms with Gasteiger partial charge in [-0.05, 0) is 25.5 Å². The summed E-state index contributed by atoms with van der Waals surface area (Å²) in [5.74, 6) is 0.608. The van der Waals surface area contributed by atoms with Crippen LogP contribution in [0.25, 0.3) is 0 Å². The summed E-state index contributed by atoms with van der Waals surface area (Å²) in [5, 5.41) is 2.99. The fourth-order valence-electron chi connectivity index (χ4n) is 2.62. The summed E-state index contributed by atoms with van der Waals surface area (Å²) in [4.78, 5) is 27.7. The number of hydrogen-bond donors (Lipinski definition) is 1. The maximum absolute atomic E-state index is 11.9. The first-order chi connectivity index (χ1) is 11.5. The molecule has 0 aromatic carbocycles. The molecule has 1 aromatic heterocycles. The summed E-state index contributed by atoms with van der Waals surface area (Å²) in [6.45, 7) is 8.60. The standard InChI is InChI=1S/C17H27N3O4/c1-4-13(2)18-16(21)12-20-9-7-19(8-10-20)11-14-5-6-15(24-14)17(22)23-3/h5-6,13H,4,7-12H2,1-3H3,(H,18,21). The lowest BCUT2D eigenvalue weighted by Gasteiger charge is -2.33. The highest BCUT2D eigenvalue weighted by Gasteiger charge is 2.21. The molecule has 1 atom stereocenters. The molecule has 2 rings (SSSR count). The number of esters is 1. The molecule has 0 radical (unpaired) electrons. The van der Waals surface area contributed by atoms with Gasteiger partial charge in [-0.2, -0.15) is 0 Å². The zero-order valence-corrected chi connectivity index (χ0v) is 14.7. The van der Waals surface area contributed by atoms with E-state index in [2.05, 4.69) is 26.8 Å². The Balaban J connectivity index is 1.73. The van der Waals surface area contributed by atoms with Crippen LogP contribution in [-0.4, -0.2) is 67.6 Å². The Morgan fingerprint density at radius 1 is 1.25 bits per heavy atom. The van der Waals surface area contributed by atoms with Gasteiger partial charge < -0.3 is 14.5 Å². The number of piperazine rings is 1. The zero-order chi connectivity index (χ0) is 17.5. The van der Waals surface area contributed by atoms with Gasteiger partial charge in [0, 0.05) is 32.2 Å². The number of ether oxygens (including phenoxy) is 1. The fourth-order valence-corrected chi connectivity index (χ4v) is 2.62. The average Bonchev–Trinajstić information content (AvgIpc) is 3.04. The number of nitrogens with one attached hydrogen (secondary N) is 1. The third kappa shape index (κ3) is 5.35. The molecular formula is C17H27N3O4. The van der Waals surface area contributed by atoms with Gasteiger partial charge in [-0.3, -0.25) is 14.6 Å². The molecule has 1 amide bonds. The van der Waals surface area contributed by atoms with Gasteiger partial charge in [0.15, 0.2) is 0 Å². The number of carbonyl (C=O) groups is 2. The van der Waals surface area contributed by atoms with E-state index in [0.717, 1.165) is 38.4 Å². The van der Waals surface area contributed by atoms with Crippen LogP contribution in [0.2, 0.25) is 0 Å². The molecule has 1 aliphatic heterocycles. The minimum atomic E-state index is -0.460. The molecular weight excluding hydrogens is 310 g/mol. The topological polar surface area (TPSA) is 75.0 Å². The van der Waals surface area contributed by atoms with E-state index in [4.69, 9.17) is 4.42 Å². The minimum Gasteiger partial charge on any atom is -0.463 e. The highest BCUT2D eigenvalue weighted by molar-refractivity contribution is 5.86. The molecule has 0 spiro atoms. The number of carbonyl (C=O) groups excluding carboxylic acids is 2. The van der Waals surface area contributed by atoms with Crippen LogP contribution < -0.4 is 5.32 Å². The summed E-state index contributed by atoms with van der Waals surface area (Å²) < 4.78 is 10.1. The largest absolute Gasteiger partial charge is 0.463 e. The van der Waals surface area contributed by atoms with Crippen molar-refractivity contribution in [2.75, 3.05) is 39.8 Å². The Hall–Kier alpha value is -1.86. The van der Waals surface area contributed by atoms with Gasteiger partial charge in [0.1, 0.15) is 5.76 Å². The molecule has 1 N–H and O–H groups in total. The van der Waals surface area contributed by atoms with Crippen molar-refractivity contribution in [3.8, 4) is 0 Å². The molecule has 2 heterocycles. The highest BCUT2D eigenvalue weighted by Crippen LogP contribution is 2.13. The normalized spacial score (nSPS) is 17.5. The van der Waals surface area contributed by atoms with Gasteiger partial charge in [0.05, 0.1) is 20.2 Å². The second-order valence-corrected chi connectivity index (χ2v) is 6.19. The lowest BCUT2D eigenvalue weighted by Crippen LogP contribution is -2.49. The predicted molar refractivity (Wildman–Crippen MR) is 89.7 cm³/mol. The van der Waals surface area contributed by atoms with E-state index in [1.54, 1.807) is 12.1 Å². The van der Waals surface area contributed by atoms with Crippen LogP contribution >= 0.6 is 0 Å². The second kappa shape index (κ2) is 8.84. The Kier molecular flexibility index (Phi) is 6.81. The zero-order valence-electron chi connectivity index (χ0n) is 14.7. The summed E-state index contributed by atoms with van der Waals surface area (Å²) in [7, 11) is 1.33. The third-order valence-corrected chi connectivity index (χ3v) is 4.28. The minimum absolute atomic E-state index is 0.0894. The molecule has 1 aliphatic rings. The Morgan fingerprint density at radius 2 is 1.92 bits per heavy atom. The number of nitrogens with zero attached hydrogens (tertiary/aromatic N) is 2. The van der Waals surface area contributed by atoms with E-state index in [9.17, 15) is 9.59 Å². The first-order valence-electron chi connectivity index (χ1n) is 8.43. The van der Waals surface area contributed by atoms with Gasteiger partial charge >= 0.3 is 5.97 Å². The molecule has 0 aliphatic carbocycles. The molecule has 0 saturated carbocycles. The van der Waals surface area contributed by atoms with Crippen LogP contribution in [0.3, 0.4) is 0 Å². The molecule has 134 valence electrons. The van der Waals surface area contributed by atoms with E-state index in [1.807, 2.05) is 6.92 Å². The van der Waals surface area contributed by atoms with Crippen molar-refractivity contribution in [3.63, 3.8) is 0 Å². The smallest absolute Gasteiger partial charge is 0.373 e. The third-order valence-electron chi connectivity index (χ3n) is 4.28. The van der Waals surface area contributed by atoms with Crippen molar-refractivity contribution in [3.05, 3.63) is 23.7 Å². The molecule has 0 bridgehead atoms. The second-order valence-electron chi connectivity index (χ2n) is 6.19. The van der Waals surface area contributed by atoms with E-state index < -0.39 is 5.97 Å². The fraction of sp³-hybridized carbons (Fsp3) is 0.647. The number of rotatable bonds is 7. The quantitative estimate of drug-likeness (QED) is 0.751. The van der Waals surface area contributed by atoms with Crippen LogP contribution in [0.5, 0.6) is 0 Å². The molecule has 1 saturated heterocycles. The van der Waals surface area contributed by atoms with Gasteiger partial charge in [-0.25, -0.2) is 4.79 Å². The Morgan fingerprint density at radius 3 is 2.54 bits per heavy atom. The van der Waals surface area contributed by atoms with Crippen LogP contribution in [0.1, 0.15) is 36.6 Å². The summed E-state index contributed by atoms with van der Waals surface area (Å²) in [6, 6.07) is 3.66. The van der Waals surface area contributed by atoms with Crippen molar-refractivity contribution in [1.29, 1.82) is 0 Å². The summed E-state index contributed by atoms with van der Waals surface area (Å²) >= 11 is 0. The molecule has 24 heavy (non-hydrogen) atoms. The van der Waals surface area contributed by atoms with Gasteiger partial charge in [-0.15, -0.1) is 0 Å². The first-order valence-corrected chi connectivity index (χ1v) is 8.43. The van der Waals surface area contributed by atoms with Crippen molar-refractivity contribution < 1.29 is 18.7 Å². The van der Waals surface area contributed by atoms with Crippen molar-refractivity contribution in [1.82, 2.24) is 15.1 Å². The van der Waals surface area contributed by atoms with E-state index in [1.165, 1.54) is 7.11 Å². The molecule has 1 fully saturated rings. The molecule has 1 aromatic rings. The molecule has 7 nitrogen and oxygen atoms in total. The lowest BCUT2D eigenvalue weighted by molar-refractivity contribution is -0.123. The van der Waals surface area contributed by atoms with Gasteiger partial charge in [-0.1, -0.05) is 6.92 Å². The molecule has 7 heteroatoms. The number of furan rings is 1. The van der Waals surface area contributed by atoms with Crippen molar-refractivity contribution >= 4 is 11.9 Å². The van der Waals surface area contributed by atoms with Crippen LogP contribution in [0.4, 0.5) is 0 Å². The van der Waals surface area contributed by atoms with Crippen LogP contribution in [0.15, 0.2) is 16.5 Å². The van der Waals surface area contributed by atoms with Gasteiger partial charge in [0.2, 0.25) is 11.7 Å². The van der Waals surface area contributed by atoms with E-state index in [-0.39, 0.29) is 17.7 Å². The molecule has 1 unspecified atom stereocenters. The SMILES string of the molecule is CCC(C)NC(=O)CN1CCN(Cc2ccc(C(=O)OC)o2)CC1. The Bertz CT molecular complexity index is 550. The lowest BCUT2D eigenvalue weighted by atomic mass is 10.2. The monoisotopic (exact) mass is 337 g/mol. The predicted octanol–water partition coefficient (Wildman–Crippen LogP) is 1.10. The number of hydrogen-bond acceptors (Lipinski definition) is 6. The number of methoxy groups -OCH3 is 1. The van der Waals surface area contributed by atoms with Crippen molar-refractivity contribution in [2.24, 2.45) is 0 Å². The first kappa shape index (κ1) is 18.5. The van der Waals surface area contributed by atoms with E-state index in [0.29, 0.717) is 13.1 Å². The number of amides is 1. The van der Waals surface area contributed by atoms with Gasteiger partial charge in [0.25, 0.3) is 0 Å². The maximum Gasteiger partial charge on any atom is 0.373 e.